The van der Waals surface area contributed by atoms with Crippen molar-refractivity contribution in [2.24, 2.45) is 5.41 Å². The van der Waals surface area contributed by atoms with E-state index in [4.69, 9.17) is 21.6 Å². The number of aromatic nitrogens is 5. The first-order valence-electron chi connectivity index (χ1n) is 28.7. The maximum atomic E-state index is 9.33. The Kier molecular flexibility index (Phi) is 11.3. The molecule has 0 saturated carbocycles. The SMILES string of the molecule is [2H]c1c([2H])c([2H])c(-c2cccc(-c3cc(C(C)(C)C)cc(C(C)(C)C)c3)c2-[n+]2[c-]n(-c3[c-]c(Oc4[c-]c5c(cc4)c4ccccc4n5-c4cc(C([2H])([2H])C(C)(C)C)ccn4)cc(-c4c(C)cccc4C)n3)c3ccccc32)c([2H])c1[2H].[Pt]. The largest absolute Gasteiger partial charge is 0.522 e. The van der Waals surface area contributed by atoms with Crippen LogP contribution >= 0.6 is 0 Å². The first kappa shape index (κ1) is 42.9. The number of fused-ring (bicyclic) bond motifs is 4. The molecule has 7 heteroatoms. The molecule has 0 atom stereocenters. The molecule has 0 spiro atoms. The summed E-state index contributed by atoms with van der Waals surface area (Å²) in [5.41, 5.74) is 10.9. The Hall–Kier alpha value is -7.40. The van der Waals surface area contributed by atoms with E-state index in [0.717, 1.165) is 55.2 Å². The van der Waals surface area contributed by atoms with E-state index in [1.165, 1.54) is 0 Å². The van der Waals surface area contributed by atoms with Crippen molar-refractivity contribution in [2.45, 2.75) is 93.4 Å². The van der Waals surface area contributed by atoms with E-state index in [2.05, 4.69) is 110 Å². The van der Waals surface area contributed by atoms with Crippen LogP contribution in [0.2, 0.25) is 0 Å². The fourth-order valence-corrected chi connectivity index (χ4v) is 9.93. The van der Waals surface area contributed by atoms with Crippen molar-refractivity contribution < 1.29 is 40.0 Å². The van der Waals surface area contributed by atoms with Crippen molar-refractivity contribution in [3.63, 3.8) is 0 Å². The van der Waals surface area contributed by atoms with Crippen LogP contribution in [0.5, 0.6) is 11.5 Å². The molecule has 0 bridgehead atoms. The summed E-state index contributed by atoms with van der Waals surface area (Å²) in [6, 6.07) is 48.9. The number of nitrogens with zero attached hydrogens (tertiary/aromatic N) is 5. The Bertz CT molecular complexity index is 4270. The zero-order chi connectivity index (χ0) is 57.8. The number of pyridine rings is 2. The monoisotopic (exact) mass is 1170 g/mol. The topological polar surface area (TPSA) is 48.8 Å². The first-order valence-corrected chi connectivity index (χ1v) is 25.2. The van der Waals surface area contributed by atoms with Gasteiger partial charge in [-0.1, -0.05) is 195 Å². The summed E-state index contributed by atoms with van der Waals surface area (Å²) < 4.78 is 75.8. The number of para-hydroxylation sites is 4. The molecule has 0 radical (unpaired) electrons. The van der Waals surface area contributed by atoms with Crippen LogP contribution < -0.4 is 9.30 Å². The van der Waals surface area contributed by atoms with Gasteiger partial charge in [0, 0.05) is 41.3 Å². The first-order chi connectivity index (χ1) is 38.2. The van der Waals surface area contributed by atoms with Crippen molar-refractivity contribution >= 4 is 32.8 Å². The number of rotatable bonds is 9. The van der Waals surface area contributed by atoms with Crippen LogP contribution in [0, 0.1) is 37.7 Å². The summed E-state index contributed by atoms with van der Waals surface area (Å²) >= 11 is 0. The van der Waals surface area contributed by atoms with Crippen LogP contribution in [0.3, 0.4) is 0 Å². The molecule has 0 aliphatic carbocycles. The van der Waals surface area contributed by atoms with Gasteiger partial charge < -0.3 is 9.30 Å². The van der Waals surface area contributed by atoms with E-state index in [1.807, 2.05) is 125 Å². The maximum Gasteiger partial charge on any atom is 0.269 e. The molecule has 0 unspecified atom stereocenters. The number of ether oxygens (including phenoxy) is 1. The second-order valence-corrected chi connectivity index (χ2v) is 22.3. The van der Waals surface area contributed by atoms with Crippen molar-refractivity contribution in [1.29, 1.82) is 0 Å². The maximum absolute atomic E-state index is 9.33. The minimum absolute atomic E-state index is 0. The Labute approximate surface area is 466 Å². The summed E-state index contributed by atoms with van der Waals surface area (Å²) in [7, 11) is 0. The molecular weight excluding hydrogens is 1100 g/mol. The van der Waals surface area contributed by atoms with Crippen LogP contribution in [0.25, 0.3) is 83.7 Å². The van der Waals surface area contributed by atoms with Gasteiger partial charge in [0.15, 0.2) is 0 Å². The third kappa shape index (κ3) is 10.0. The molecule has 0 amide bonds. The molecule has 11 rings (SSSR count). The smallest absolute Gasteiger partial charge is 0.269 e. The molecule has 378 valence electrons. The van der Waals surface area contributed by atoms with Gasteiger partial charge >= 0.3 is 0 Å². The van der Waals surface area contributed by atoms with E-state index in [1.54, 1.807) is 12.3 Å². The summed E-state index contributed by atoms with van der Waals surface area (Å²) in [5, 5.41) is 1.90. The van der Waals surface area contributed by atoms with Gasteiger partial charge in [0.05, 0.1) is 29.4 Å². The van der Waals surface area contributed by atoms with Gasteiger partial charge in [-0.2, -0.15) is 12.1 Å². The van der Waals surface area contributed by atoms with Crippen LogP contribution in [0.4, 0.5) is 0 Å². The van der Waals surface area contributed by atoms with Gasteiger partial charge in [0.2, 0.25) is 0 Å². The predicted molar refractivity (Wildman–Crippen MR) is 304 cm³/mol. The van der Waals surface area contributed by atoms with Crippen LogP contribution in [-0.2, 0) is 38.3 Å². The molecule has 4 heterocycles. The normalized spacial score (nSPS) is 13.7. The molecule has 0 aliphatic rings. The van der Waals surface area contributed by atoms with Gasteiger partial charge in [-0.05, 0) is 127 Å². The second-order valence-electron chi connectivity index (χ2n) is 22.3. The Morgan fingerprint density at radius 3 is 1.99 bits per heavy atom. The predicted octanol–water partition coefficient (Wildman–Crippen LogP) is 16.8. The molecule has 0 N–H and O–H groups in total. The van der Waals surface area contributed by atoms with E-state index < -0.39 is 29.9 Å². The summed E-state index contributed by atoms with van der Waals surface area (Å²) in [4.78, 5) is 10.2. The third-order valence-corrected chi connectivity index (χ3v) is 13.5. The van der Waals surface area contributed by atoms with Crippen molar-refractivity contribution in [1.82, 2.24) is 19.1 Å². The van der Waals surface area contributed by atoms with Gasteiger partial charge in [-0.25, -0.2) is 4.98 Å². The number of aryl methyl sites for hydroxylation is 2. The minimum Gasteiger partial charge on any atom is -0.522 e. The van der Waals surface area contributed by atoms with Gasteiger partial charge in [0.25, 0.3) is 6.33 Å². The van der Waals surface area contributed by atoms with Gasteiger partial charge in [-0.3, -0.25) is 14.1 Å². The summed E-state index contributed by atoms with van der Waals surface area (Å²) in [6.07, 6.45) is 3.69. The Morgan fingerprint density at radius 2 is 1.29 bits per heavy atom. The third-order valence-electron chi connectivity index (χ3n) is 13.5. The zero-order valence-corrected chi connectivity index (χ0v) is 46.5. The molecule has 0 aliphatic heterocycles. The number of hydrogen-bond donors (Lipinski definition) is 0. The van der Waals surface area contributed by atoms with E-state index in [-0.39, 0.29) is 49.5 Å². The average molecular weight is 1170 g/mol. The van der Waals surface area contributed by atoms with E-state index in [9.17, 15) is 2.74 Å². The van der Waals surface area contributed by atoms with Crippen molar-refractivity contribution in [2.75, 3.05) is 0 Å². The molecular formula is C68H63N5OPt-2. The van der Waals surface area contributed by atoms with Crippen LogP contribution in [-0.4, -0.2) is 19.1 Å². The van der Waals surface area contributed by atoms with E-state index in [0.29, 0.717) is 62.2 Å². The van der Waals surface area contributed by atoms with Crippen LogP contribution in [0.1, 0.15) is 99.7 Å². The molecule has 11 aromatic rings. The minimum atomic E-state index is -1.66. The Morgan fingerprint density at radius 1 is 0.640 bits per heavy atom. The number of benzene rings is 7. The fraction of sp³-hybridized carbons (Fsp3) is 0.221. The summed E-state index contributed by atoms with van der Waals surface area (Å²) in [5.74, 6) is 1.65. The molecule has 75 heavy (non-hydrogen) atoms. The van der Waals surface area contributed by atoms with Gasteiger partial charge in [0.1, 0.15) is 5.82 Å². The number of imidazole rings is 1. The molecule has 0 saturated heterocycles. The number of hydrogen-bond acceptors (Lipinski definition) is 3. The zero-order valence-electron chi connectivity index (χ0n) is 51.2. The molecule has 0 fully saturated rings. The van der Waals surface area contributed by atoms with Crippen molar-refractivity contribution in [3.8, 4) is 62.3 Å². The molecule has 6 nitrogen and oxygen atoms in total. The quantitative estimate of drug-likeness (QED) is 0.107. The fourth-order valence-electron chi connectivity index (χ4n) is 9.93. The second kappa shape index (κ2) is 19.7. The van der Waals surface area contributed by atoms with E-state index >= 15 is 0 Å². The van der Waals surface area contributed by atoms with Crippen LogP contribution in [0.15, 0.2) is 170 Å². The Balaban J connectivity index is 0.00000753. The summed E-state index contributed by atoms with van der Waals surface area (Å²) in [6.45, 7) is 22.9. The molecule has 7 aromatic carbocycles. The standard InChI is InChI=1S/C68H63N5O.Pt/c1-44-21-19-22-45(2)64(44)57-39-52(74-51-31-32-56-55-25-15-16-28-58(55)73(61(56)40-51)62-35-46(33-34-69-62)42-66(3,4)5)41-63(70-57)71-43-72(60-30-18-17-29-59(60)71)65-53(47-23-13-12-14-24-47)26-20-27-54(65)48-36-49(67(6,7)8)38-50(37-48)68(9,10)11;/h12-39H,42H2,1-11H3;/q-2;/i12D,13D,14D,23D,24D,42D2;. The average Bonchev–Trinajstić information content (AvgIpc) is 3.12. The molecule has 4 aromatic heterocycles. The van der Waals surface area contributed by atoms with Gasteiger partial charge in [-0.15, -0.1) is 23.6 Å². The van der Waals surface area contributed by atoms with Crippen molar-refractivity contribution in [3.05, 3.63) is 216 Å².